The number of imide groups is 1. The van der Waals surface area contributed by atoms with E-state index in [0.717, 1.165) is 49.7 Å². The molecule has 62 heavy (non-hydrogen) atoms. The van der Waals surface area contributed by atoms with Crippen molar-refractivity contribution in [3.05, 3.63) is 94.7 Å². The zero-order valence-electron chi connectivity index (χ0n) is 34.6. The standard InChI is InChI=1S/C45H48F2N10O5/c1-45(2,62)34-22-37-27(18-38(34)50-43(60)39-10-8-31-19-28(48-3)23-49-57(31)39)25-56(52-37)30-6-4-29(5-7-30)53-14-16-54(17-15-53)44(61)26-12-13-55(24-26)32-20-35(46)41(36(47)21-32)33-9-11-40(58)51-42(33)59/h8,10,18-23,25-26,29-30,33,62H,4-7,9,11-17,24H2,1-2H3,(H,50,60)(H,51,58,59)/t26-,29?,30?,33-/m1/s1. The van der Waals surface area contributed by atoms with Crippen molar-refractivity contribution in [2.75, 3.05) is 49.5 Å². The van der Waals surface area contributed by atoms with Crippen LogP contribution in [0.2, 0.25) is 0 Å². The zero-order valence-corrected chi connectivity index (χ0v) is 34.6. The number of anilines is 2. The molecule has 5 aromatic rings. The van der Waals surface area contributed by atoms with Crippen LogP contribution < -0.4 is 15.5 Å². The number of carbonyl (C=O) groups is 4. The Kier molecular flexibility index (Phi) is 10.8. The van der Waals surface area contributed by atoms with Crippen LogP contribution in [-0.4, -0.2) is 103 Å². The average molecular weight is 847 g/mol. The van der Waals surface area contributed by atoms with E-state index >= 15 is 8.78 Å². The lowest BCUT2D eigenvalue weighted by atomic mass is 9.89. The van der Waals surface area contributed by atoms with Crippen molar-refractivity contribution in [2.24, 2.45) is 5.92 Å². The molecule has 6 heterocycles. The minimum Gasteiger partial charge on any atom is -0.386 e. The van der Waals surface area contributed by atoms with Crippen molar-refractivity contribution in [2.45, 2.75) is 82.4 Å². The monoisotopic (exact) mass is 846 g/mol. The number of hydrogen-bond donors (Lipinski definition) is 3. The molecule has 0 bridgehead atoms. The molecule has 4 fully saturated rings. The first-order chi connectivity index (χ1) is 29.7. The molecule has 4 aliphatic rings. The molecule has 3 aliphatic heterocycles. The van der Waals surface area contributed by atoms with E-state index < -0.39 is 40.9 Å². The topological polar surface area (TPSA) is 162 Å². The molecule has 0 radical (unpaired) electrons. The van der Waals surface area contributed by atoms with Gasteiger partial charge in [0.05, 0.1) is 47.3 Å². The van der Waals surface area contributed by atoms with Gasteiger partial charge in [0.15, 0.2) is 0 Å². The van der Waals surface area contributed by atoms with Gasteiger partial charge in [0.1, 0.15) is 17.3 Å². The minimum absolute atomic E-state index is 0.0218. The van der Waals surface area contributed by atoms with E-state index in [1.807, 2.05) is 32.8 Å². The summed E-state index contributed by atoms with van der Waals surface area (Å²) in [5.41, 5.74) is 1.75. The van der Waals surface area contributed by atoms with Crippen LogP contribution in [0, 0.1) is 24.1 Å². The fourth-order valence-corrected chi connectivity index (χ4v) is 9.80. The lowest BCUT2D eigenvalue weighted by molar-refractivity contribution is -0.137. The van der Waals surface area contributed by atoms with Gasteiger partial charge in [0.2, 0.25) is 23.4 Å². The number of rotatable bonds is 8. The maximum atomic E-state index is 15.2. The Labute approximate surface area is 356 Å². The molecule has 4 amide bonds. The van der Waals surface area contributed by atoms with Crippen LogP contribution in [0.4, 0.5) is 25.8 Å². The SMILES string of the molecule is [C-]#[N+]c1cnn2c(C(=O)Nc3cc4cn(C5CCC(N6CCN(C(=O)[C@@H]7CCN(c8cc(F)c([C@H]9CCC(=O)NC9=O)c(F)c8)C7)CC6)CC5)nc4cc3C(C)(C)O)ccc2c1. The molecule has 3 aromatic heterocycles. The van der Waals surface area contributed by atoms with E-state index in [9.17, 15) is 24.3 Å². The number of carbonyl (C=O) groups excluding carboxylic acids is 4. The quantitative estimate of drug-likeness (QED) is 0.132. The summed E-state index contributed by atoms with van der Waals surface area (Å²) in [5.74, 6) is -4.49. The lowest BCUT2D eigenvalue weighted by Gasteiger charge is -2.42. The van der Waals surface area contributed by atoms with E-state index in [1.54, 1.807) is 32.0 Å². The Balaban J connectivity index is 0.787. The summed E-state index contributed by atoms with van der Waals surface area (Å²) in [5, 5.41) is 26.3. The first-order valence-corrected chi connectivity index (χ1v) is 21.3. The summed E-state index contributed by atoms with van der Waals surface area (Å²) in [4.78, 5) is 60.7. The molecule has 0 spiro atoms. The largest absolute Gasteiger partial charge is 0.386 e. The molecule has 17 heteroatoms. The Morgan fingerprint density at radius 3 is 2.35 bits per heavy atom. The van der Waals surface area contributed by atoms with Crippen LogP contribution in [0.15, 0.2) is 54.9 Å². The van der Waals surface area contributed by atoms with Gasteiger partial charge in [0, 0.05) is 85.8 Å². The summed E-state index contributed by atoms with van der Waals surface area (Å²) in [7, 11) is 0. The normalized spacial score (nSPS) is 22.6. The third kappa shape index (κ3) is 7.88. The number of fused-ring (bicyclic) bond motifs is 2. The van der Waals surface area contributed by atoms with E-state index in [0.29, 0.717) is 72.5 Å². The summed E-state index contributed by atoms with van der Waals surface area (Å²) >= 11 is 0. The van der Waals surface area contributed by atoms with Gasteiger partial charge in [-0.3, -0.25) is 34.1 Å². The number of amides is 4. The van der Waals surface area contributed by atoms with E-state index in [-0.39, 0.29) is 36.3 Å². The van der Waals surface area contributed by atoms with Gasteiger partial charge in [0.25, 0.3) is 5.91 Å². The summed E-state index contributed by atoms with van der Waals surface area (Å²) < 4.78 is 34.0. The third-order valence-electron chi connectivity index (χ3n) is 13.2. The Bertz CT molecular complexity index is 2630. The predicted octanol–water partition coefficient (Wildman–Crippen LogP) is 5.67. The molecule has 322 valence electrons. The van der Waals surface area contributed by atoms with Gasteiger partial charge >= 0.3 is 0 Å². The number of piperidine rings is 1. The highest BCUT2D eigenvalue weighted by Gasteiger charge is 2.37. The second-order valence-corrected chi connectivity index (χ2v) is 17.5. The number of piperazine rings is 1. The molecule has 3 saturated heterocycles. The van der Waals surface area contributed by atoms with Crippen LogP contribution in [-0.2, 0) is 20.0 Å². The van der Waals surface area contributed by atoms with Crippen molar-refractivity contribution < 1.29 is 33.1 Å². The zero-order chi connectivity index (χ0) is 43.4. The molecule has 0 unspecified atom stereocenters. The van der Waals surface area contributed by atoms with Crippen LogP contribution in [0.3, 0.4) is 0 Å². The van der Waals surface area contributed by atoms with Gasteiger partial charge in [-0.05, 0) is 94.8 Å². The molecule has 2 aromatic carbocycles. The van der Waals surface area contributed by atoms with Crippen molar-refractivity contribution >= 4 is 57.1 Å². The van der Waals surface area contributed by atoms with Crippen molar-refractivity contribution in [1.29, 1.82) is 0 Å². The van der Waals surface area contributed by atoms with Gasteiger partial charge < -0.3 is 20.2 Å². The molecule has 3 N–H and O–H groups in total. The second-order valence-electron chi connectivity index (χ2n) is 17.5. The van der Waals surface area contributed by atoms with Crippen molar-refractivity contribution in [3.8, 4) is 0 Å². The molecule has 1 aliphatic carbocycles. The Morgan fingerprint density at radius 1 is 0.935 bits per heavy atom. The summed E-state index contributed by atoms with van der Waals surface area (Å²) in [6, 6.07) is 11.8. The molecule has 1 saturated carbocycles. The first kappa shape index (κ1) is 41.1. The van der Waals surface area contributed by atoms with E-state index in [4.69, 9.17) is 11.7 Å². The first-order valence-electron chi connectivity index (χ1n) is 21.3. The molecule has 15 nitrogen and oxygen atoms in total. The number of benzene rings is 2. The van der Waals surface area contributed by atoms with Crippen LogP contribution in [0.25, 0.3) is 21.3 Å². The van der Waals surface area contributed by atoms with E-state index in [2.05, 4.69) is 25.5 Å². The number of aliphatic hydroxyl groups is 1. The van der Waals surface area contributed by atoms with Gasteiger partial charge in [-0.1, -0.05) is 0 Å². The Morgan fingerprint density at radius 2 is 1.66 bits per heavy atom. The molecular weight excluding hydrogens is 799 g/mol. The molecular formula is C45H48F2N10O5. The Hall–Kier alpha value is -6.25. The van der Waals surface area contributed by atoms with Crippen molar-refractivity contribution in [1.82, 2.24) is 34.5 Å². The number of nitrogens with zero attached hydrogens (tertiary/aromatic N) is 8. The number of nitrogens with one attached hydrogen (secondary N) is 2. The lowest BCUT2D eigenvalue weighted by Crippen LogP contribution is -2.53. The molecule has 2 atom stereocenters. The second kappa shape index (κ2) is 16.2. The van der Waals surface area contributed by atoms with Crippen LogP contribution in [0.1, 0.15) is 92.4 Å². The van der Waals surface area contributed by atoms with Gasteiger partial charge in [-0.25, -0.2) is 18.1 Å². The summed E-state index contributed by atoms with van der Waals surface area (Å²) in [6.45, 7) is 14.2. The maximum absolute atomic E-state index is 15.2. The smallest absolute Gasteiger partial charge is 0.274 e. The van der Waals surface area contributed by atoms with E-state index in [1.165, 1.54) is 22.8 Å². The number of aromatic nitrogens is 4. The predicted molar refractivity (Wildman–Crippen MR) is 226 cm³/mol. The number of halogens is 2. The van der Waals surface area contributed by atoms with Gasteiger partial charge in [-0.2, -0.15) is 10.2 Å². The van der Waals surface area contributed by atoms with Crippen LogP contribution >= 0.6 is 0 Å². The minimum atomic E-state index is -1.27. The third-order valence-corrected chi connectivity index (χ3v) is 13.2. The highest BCUT2D eigenvalue weighted by molar-refractivity contribution is 6.05. The maximum Gasteiger partial charge on any atom is 0.274 e. The number of hydrogen-bond acceptors (Lipinski definition) is 9. The summed E-state index contributed by atoms with van der Waals surface area (Å²) in [6.07, 6.45) is 7.88. The average Bonchev–Trinajstić information content (AvgIpc) is 4.02. The highest BCUT2D eigenvalue weighted by atomic mass is 19.1. The fourth-order valence-electron chi connectivity index (χ4n) is 9.80. The fraction of sp³-hybridized carbons (Fsp3) is 0.444. The highest BCUT2D eigenvalue weighted by Crippen LogP contribution is 2.37. The van der Waals surface area contributed by atoms with Crippen molar-refractivity contribution in [3.63, 3.8) is 0 Å². The molecule has 9 rings (SSSR count). The van der Waals surface area contributed by atoms with Gasteiger partial charge in [-0.15, -0.1) is 0 Å². The van der Waals surface area contributed by atoms with Crippen LogP contribution in [0.5, 0.6) is 0 Å².